The summed E-state index contributed by atoms with van der Waals surface area (Å²) in [7, 11) is 0. The number of pyridine rings is 1. The molecule has 45 heavy (non-hydrogen) atoms. The summed E-state index contributed by atoms with van der Waals surface area (Å²) in [5, 5.41) is 9.36. The molecule has 1 aliphatic heterocycles. The van der Waals surface area contributed by atoms with Crippen LogP contribution in [0.5, 0.6) is 5.88 Å². The number of imide groups is 1. The minimum atomic E-state index is -0.981. The number of primary amides is 2. The van der Waals surface area contributed by atoms with Gasteiger partial charge in [-0.2, -0.15) is 10.2 Å². The van der Waals surface area contributed by atoms with Crippen molar-refractivity contribution < 1.29 is 19.1 Å². The maximum atomic E-state index is 13.2. The number of carbonyl (C=O) groups excluding carboxylic acids is 3. The van der Waals surface area contributed by atoms with Crippen LogP contribution in [-0.4, -0.2) is 50.1 Å². The van der Waals surface area contributed by atoms with Gasteiger partial charge in [-0.1, -0.05) is 86.2 Å². The van der Waals surface area contributed by atoms with Gasteiger partial charge in [-0.05, 0) is 41.8 Å². The Morgan fingerprint density at radius 3 is 2.20 bits per heavy atom. The molecule has 2 aromatic heterocycles. The quantitative estimate of drug-likeness (QED) is 0.141. The number of nitrogens with two attached hydrogens (primary N) is 2. The Kier molecular flexibility index (Phi) is 9.39. The zero-order valence-corrected chi connectivity index (χ0v) is 24.5. The van der Waals surface area contributed by atoms with Crippen molar-refractivity contribution in [1.82, 2.24) is 19.8 Å². The van der Waals surface area contributed by atoms with E-state index in [-0.39, 0.29) is 11.5 Å². The van der Waals surface area contributed by atoms with E-state index < -0.39 is 18.0 Å². The first-order valence-electron chi connectivity index (χ1n) is 14.3. The van der Waals surface area contributed by atoms with Crippen LogP contribution in [0.2, 0.25) is 0 Å². The third-order valence-electron chi connectivity index (χ3n) is 6.88. The van der Waals surface area contributed by atoms with Crippen molar-refractivity contribution in [2.45, 2.75) is 19.8 Å². The molecule has 3 heterocycles. The maximum Gasteiger partial charge on any atom is 0.342 e. The molecule has 0 atom stereocenters. The lowest BCUT2D eigenvalue weighted by atomic mass is 10.00. The number of amides is 4. The van der Waals surface area contributed by atoms with Crippen molar-refractivity contribution in [3.8, 4) is 17.1 Å². The molecule has 5 rings (SSSR count). The van der Waals surface area contributed by atoms with E-state index in [1.807, 2.05) is 73.7 Å². The first kappa shape index (κ1) is 30.4. The van der Waals surface area contributed by atoms with Crippen LogP contribution in [0.25, 0.3) is 22.9 Å². The molecule has 2 aromatic carbocycles. The molecule has 4 amide bonds. The van der Waals surface area contributed by atoms with Crippen molar-refractivity contribution in [2.75, 3.05) is 6.61 Å². The predicted octanol–water partition coefficient (Wildman–Crippen LogP) is 5.40. The Hall–Kier alpha value is -6.10. The van der Waals surface area contributed by atoms with Crippen molar-refractivity contribution in [1.29, 1.82) is 0 Å². The fraction of sp³-hybridized carbons (Fsp3) is 0.118. The minimum absolute atomic E-state index is 0.190. The number of hydrazone groups is 1. The van der Waals surface area contributed by atoms with E-state index in [0.29, 0.717) is 39.7 Å². The lowest BCUT2D eigenvalue weighted by Gasteiger charge is -2.08. The van der Waals surface area contributed by atoms with E-state index in [2.05, 4.69) is 15.2 Å². The highest BCUT2D eigenvalue weighted by atomic mass is 16.5. The SMILES string of the molecule is CCCCOc1c(/C=C/C(=C/C=C2\C(=O)N(C(N)=O)N=C2c2ccccc2)c2ccncc2)c(-c2ccccc2)nn1C(N)=O. The summed E-state index contributed by atoms with van der Waals surface area (Å²) in [6.45, 7) is 2.40. The van der Waals surface area contributed by atoms with E-state index in [1.165, 1.54) is 0 Å². The van der Waals surface area contributed by atoms with Crippen molar-refractivity contribution in [3.05, 3.63) is 126 Å². The molecule has 0 spiro atoms. The molecule has 0 saturated carbocycles. The predicted molar refractivity (Wildman–Crippen MR) is 172 cm³/mol. The largest absolute Gasteiger partial charge is 0.477 e. The Bertz CT molecular complexity index is 1830. The number of allylic oxidation sites excluding steroid dienone is 4. The number of carbonyl (C=O) groups is 3. The van der Waals surface area contributed by atoms with Crippen molar-refractivity contribution in [3.63, 3.8) is 0 Å². The maximum absolute atomic E-state index is 13.2. The molecule has 11 nitrogen and oxygen atoms in total. The second-order valence-corrected chi connectivity index (χ2v) is 9.93. The highest BCUT2D eigenvalue weighted by Crippen LogP contribution is 2.33. The number of aromatic nitrogens is 3. The highest BCUT2D eigenvalue weighted by Gasteiger charge is 2.33. The molecule has 0 fully saturated rings. The molecule has 0 saturated heterocycles. The Balaban J connectivity index is 1.64. The molecule has 1 aliphatic rings. The minimum Gasteiger partial charge on any atom is -0.477 e. The highest BCUT2D eigenvalue weighted by molar-refractivity contribution is 6.33. The average Bonchev–Trinajstić information content (AvgIpc) is 3.60. The Morgan fingerprint density at radius 2 is 1.58 bits per heavy atom. The van der Waals surface area contributed by atoms with Gasteiger partial charge in [0.1, 0.15) is 11.4 Å². The van der Waals surface area contributed by atoms with Gasteiger partial charge in [-0.3, -0.25) is 9.78 Å². The summed E-state index contributed by atoms with van der Waals surface area (Å²) in [5.74, 6) is -0.420. The van der Waals surface area contributed by atoms with Crippen LogP contribution in [0.3, 0.4) is 0 Å². The van der Waals surface area contributed by atoms with E-state index in [9.17, 15) is 14.4 Å². The van der Waals surface area contributed by atoms with Crippen molar-refractivity contribution >= 4 is 35.3 Å². The second-order valence-electron chi connectivity index (χ2n) is 9.93. The summed E-state index contributed by atoms with van der Waals surface area (Å²) < 4.78 is 7.12. The third-order valence-corrected chi connectivity index (χ3v) is 6.88. The summed E-state index contributed by atoms with van der Waals surface area (Å²) in [4.78, 5) is 41.7. The van der Waals surface area contributed by atoms with Gasteiger partial charge in [0.2, 0.25) is 5.88 Å². The lowest BCUT2D eigenvalue weighted by molar-refractivity contribution is -0.122. The van der Waals surface area contributed by atoms with Crippen molar-refractivity contribution in [2.24, 2.45) is 16.6 Å². The van der Waals surface area contributed by atoms with Gasteiger partial charge < -0.3 is 16.2 Å². The van der Waals surface area contributed by atoms with Gasteiger partial charge in [0.25, 0.3) is 5.91 Å². The fourth-order valence-electron chi connectivity index (χ4n) is 4.64. The molecule has 0 radical (unpaired) electrons. The molecule has 4 N–H and O–H groups in total. The Labute approximate surface area is 259 Å². The number of rotatable bonds is 10. The molecule has 226 valence electrons. The molecule has 0 bridgehead atoms. The van der Waals surface area contributed by atoms with Gasteiger partial charge in [0.15, 0.2) is 0 Å². The van der Waals surface area contributed by atoms with E-state index in [0.717, 1.165) is 28.7 Å². The van der Waals surface area contributed by atoms with E-state index in [4.69, 9.17) is 16.2 Å². The molecule has 0 unspecified atom stereocenters. The number of unbranched alkanes of at least 4 members (excludes halogenated alkanes) is 1. The van der Waals surface area contributed by atoms with Gasteiger partial charge in [0, 0.05) is 23.5 Å². The summed E-state index contributed by atoms with van der Waals surface area (Å²) >= 11 is 0. The first-order valence-corrected chi connectivity index (χ1v) is 14.3. The number of benzene rings is 2. The number of nitrogens with zero attached hydrogens (tertiary/aromatic N) is 5. The zero-order valence-electron chi connectivity index (χ0n) is 24.5. The van der Waals surface area contributed by atoms with E-state index >= 15 is 0 Å². The van der Waals surface area contributed by atoms with Crippen LogP contribution >= 0.6 is 0 Å². The topological polar surface area (TPSA) is 159 Å². The number of ether oxygens (including phenoxy) is 1. The standard InChI is InChI=1S/C34H31N7O4/c1-2-3-22-45-32-28(30(39-41(32)34(36)44)26-12-8-5-9-13-26)17-15-23(24-18-20-37-21-19-24)14-16-27-29(25-10-6-4-7-11-25)38-40(31(27)42)33(35)43/h4-21H,2-3,22H2,1H3,(H2,35,43)(H2,36,44)/b17-15+,23-14-,27-16-. The molecular weight excluding hydrogens is 570 g/mol. The smallest absolute Gasteiger partial charge is 0.342 e. The van der Waals surface area contributed by atoms with Crippen LogP contribution in [0, 0.1) is 0 Å². The summed E-state index contributed by atoms with van der Waals surface area (Å²) in [6, 6.07) is 20.3. The van der Waals surface area contributed by atoms with Crippen LogP contribution in [0.15, 0.2) is 114 Å². The second kappa shape index (κ2) is 13.9. The normalized spacial score (nSPS) is 14.3. The van der Waals surface area contributed by atoms with Gasteiger partial charge in [-0.25, -0.2) is 9.59 Å². The van der Waals surface area contributed by atoms with Gasteiger partial charge >= 0.3 is 12.1 Å². The van der Waals surface area contributed by atoms with Crippen LogP contribution < -0.4 is 16.2 Å². The molecule has 0 aliphatic carbocycles. The third kappa shape index (κ3) is 6.78. The summed E-state index contributed by atoms with van der Waals surface area (Å²) in [6.07, 6.45) is 11.9. The Morgan fingerprint density at radius 1 is 0.911 bits per heavy atom. The van der Waals surface area contributed by atoms with Crippen LogP contribution in [-0.2, 0) is 4.79 Å². The van der Waals surface area contributed by atoms with Gasteiger partial charge in [-0.15, -0.1) is 9.69 Å². The molecular formula is C34H31N7O4. The number of urea groups is 1. The monoisotopic (exact) mass is 601 g/mol. The number of hydrogen-bond donors (Lipinski definition) is 2. The first-order chi connectivity index (χ1) is 21.9. The summed E-state index contributed by atoms with van der Waals surface area (Å²) in [5.41, 5.74) is 15.6. The number of hydrogen-bond acceptors (Lipinski definition) is 7. The fourth-order valence-corrected chi connectivity index (χ4v) is 4.64. The molecule has 11 heteroatoms. The van der Waals surface area contributed by atoms with Crippen LogP contribution in [0.4, 0.5) is 9.59 Å². The van der Waals surface area contributed by atoms with E-state index in [1.54, 1.807) is 42.8 Å². The average molecular weight is 602 g/mol. The lowest BCUT2D eigenvalue weighted by Crippen LogP contribution is -2.33. The zero-order chi connectivity index (χ0) is 31.8. The van der Waals surface area contributed by atoms with Gasteiger partial charge in [0.05, 0.1) is 17.7 Å². The van der Waals surface area contributed by atoms with Crippen LogP contribution in [0.1, 0.15) is 36.5 Å². The molecule has 4 aromatic rings.